The lowest BCUT2D eigenvalue weighted by molar-refractivity contribution is 1.42. The van der Waals surface area contributed by atoms with E-state index in [1.54, 1.807) is 0 Å². The van der Waals surface area contributed by atoms with Crippen LogP contribution in [0.4, 0.5) is 0 Å². The SMILES string of the molecule is Cc1c[nH]c2ccc(CS)cc12. The molecule has 12 heavy (non-hydrogen) atoms. The van der Waals surface area contributed by atoms with Gasteiger partial charge in [0.1, 0.15) is 0 Å². The lowest BCUT2D eigenvalue weighted by Gasteiger charge is -1.96. The van der Waals surface area contributed by atoms with E-state index in [0.29, 0.717) is 0 Å². The van der Waals surface area contributed by atoms with Crippen LogP contribution in [0.15, 0.2) is 24.4 Å². The second-order valence-electron chi connectivity index (χ2n) is 3.01. The summed E-state index contributed by atoms with van der Waals surface area (Å²) in [4.78, 5) is 3.21. The summed E-state index contributed by atoms with van der Waals surface area (Å²) in [5, 5.41) is 1.31. The van der Waals surface area contributed by atoms with E-state index < -0.39 is 0 Å². The lowest BCUT2D eigenvalue weighted by Crippen LogP contribution is -1.77. The van der Waals surface area contributed by atoms with Crippen LogP contribution in [0.3, 0.4) is 0 Å². The van der Waals surface area contributed by atoms with E-state index in [4.69, 9.17) is 0 Å². The molecule has 0 atom stereocenters. The van der Waals surface area contributed by atoms with Gasteiger partial charge in [0.05, 0.1) is 0 Å². The molecular formula is C10H11NS. The van der Waals surface area contributed by atoms with Crippen LogP contribution in [0.1, 0.15) is 11.1 Å². The van der Waals surface area contributed by atoms with Crippen LogP contribution in [0, 0.1) is 6.92 Å². The molecule has 2 heteroatoms. The Morgan fingerprint density at radius 1 is 1.42 bits per heavy atom. The van der Waals surface area contributed by atoms with Crippen molar-refractivity contribution in [3.8, 4) is 0 Å². The van der Waals surface area contributed by atoms with Crippen molar-refractivity contribution in [1.29, 1.82) is 0 Å². The number of fused-ring (bicyclic) bond motifs is 1. The minimum Gasteiger partial charge on any atom is -0.361 e. The molecule has 2 aromatic rings. The summed E-state index contributed by atoms with van der Waals surface area (Å²) in [6.45, 7) is 2.11. The average molecular weight is 177 g/mol. The number of nitrogens with one attached hydrogen (secondary N) is 1. The first-order valence-electron chi connectivity index (χ1n) is 3.99. The first-order chi connectivity index (χ1) is 5.81. The highest BCUT2D eigenvalue weighted by molar-refractivity contribution is 7.79. The lowest BCUT2D eigenvalue weighted by atomic mass is 10.1. The van der Waals surface area contributed by atoms with Crippen molar-refractivity contribution in [2.24, 2.45) is 0 Å². The van der Waals surface area contributed by atoms with Gasteiger partial charge in [-0.3, -0.25) is 0 Å². The fourth-order valence-corrected chi connectivity index (χ4v) is 1.60. The quantitative estimate of drug-likeness (QED) is 0.623. The maximum absolute atomic E-state index is 4.24. The van der Waals surface area contributed by atoms with E-state index in [1.165, 1.54) is 22.0 Å². The number of aryl methyl sites for hydroxylation is 1. The zero-order valence-corrected chi connectivity index (χ0v) is 7.86. The molecule has 62 valence electrons. The number of H-pyrrole nitrogens is 1. The van der Waals surface area contributed by atoms with Crippen molar-refractivity contribution in [2.45, 2.75) is 12.7 Å². The molecule has 0 bridgehead atoms. The van der Waals surface area contributed by atoms with E-state index in [-0.39, 0.29) is 0 Å². The zero-order valence-electron chi connectivity index (χ0n) is 6.96. The number of rotatable bonds is 1. The zero-order chi connectivity index (χ0) is 8.55. The molecule has 1 aromatic carbocycles. The monoisotopic (exact) mass is 177 g/mol. The smallest absolute Gasteiger partial charge is 0.0456 e. The van der Waals surface area contributed by atoms with Gasteiger partial charge in [0, 0.05) is 22.9 Å². The van der Waals surface area contributed by atoms with E-state index in [9.17, 15) is 0 Å². The summed E-state index contributed by atoms with van der Waals surface area (Å²) in [6, 6.07) is 6.40. The molecule has 0 amide bonds. The number of thiol groups is 1. The molecule has 0 spiro atoms. The fraction of sp³-hybridized carbons (Fsp3) is 0.200. The van der Waals surface area contributed by atoms with Gasteiger partial charge in [0.25, 0.3) is 0 Å². The molecule has 0 aliphatic carbocycles. The molecule has 2 rings (SSSR count). The van der Waals surface area contributed by atoms with Crippen LogP contribution in [0.5, 0.6) is 0 Å². The third kappa shape index (κ3) is 1.12. The molecule has 1 N–H and O–H groups in total. The van der Waals surface area contributed by atoms with Crippen LogP contribution in [0.2, 0.25) is 0 Å². The van der Waals surface area contributed by atoms with Crippen molar-refractivity contribution in [3.05, 3.63) is 35.5 Å². The molecule has 0 radical (unpaired) electrons. The van der Waals surface area contributed by atoms with Crippen LogP contribution in [-0.4, -0.2) is 4.98 Å². The van der Waals surface area contributed by atoms with Crippen molar-refractivity contribution in [1.82, 2.24) is 4.98 Å². The molecule has 1 heterocycles. The fourth-order valence-electron chi connectivity index (χ4n) is 1.41. The molecule has 0 aliphatic heterocycles. The van der Waals surface area contributed by atoms with Gasteiger partial charge < -0.3 is 4.98 Å². The molecular weight excluding hydrogens is 166 g/mol. The largest absolute Gasteiger partial charge is 0.361 e. The standard InChI is InChI=1S/C10H11NS/c1-7-5-11-10-3-2-8(6-12)4-9(7)10/h2-5,11-12H,6H2,1H3. The van der Waals surface area contributed by atoms with Gasteiger partial charge in [0.2, 0.25) is 0 Å². The third-order valence-corrected chi connectivity index (χ3v) is 2.50. The summed E-state index contributed by atoms with van der Waals surface area (Å²) in [5.41, 5.74) is 3.78. The van der Waals surface area contributed by atoms with Crippen molar-refractivity contribution < 1.29 is 0 Å². The Balaban J connectivity index is 2.71. The maximum atomic E-state index is 4.24. The van der Waals surface area contributed by atoms with E-state index in [0.717, 1.165) is 5.75 Å². The van der Waals surface area contributed by atoms with E-state index in [2.05, 4.69) is 42.7 Å². The second kappa shape index (κ2) is 2.87. The minimum atomic E-state index is 0.806. The van der Waals surface area contributed by atoms with E-state index in [1.807, 2.05) is 6.20 Å². The molecule has 0 saturated heterocycles. The van der Waals surface area contributed by atoms with Gasteiger partial charge in [-0.05, 0) is 30.2 Å². The van der Waals surface area contributed by atoms with Crippen LogP contribution in [-0.2, 0) is 5.75 Å². The number of hydrogen-bond acceptors (Lipinski definition) is 1. The van der Waals surface area contributed by atoms with Crippen molar-refractivity contribution >= 4 is 23.5 Å². The van der Waals surface area contributed by atoms with Crippen LogP contribution < -0.4 is 0 Å². The molecule has 0 aliphatic rings. The number of hydrogen-bond donors (Lipinski definition) is 2. The molecule has 0 saturated carbocycles. The van der Waals surface area contributed by atoms with Gasteiger partial charge in [0.15, 0.2) is 0 Å². The number of benzene rings is 1. The number of aromatic amines is 1. The Hall–Kier alpha value is -0.890. The normalized spacial score (nSPS) is 10.8. The van der Waals surface area contributed by atoms with Crippen molar-refractivity contribution in [3.63, 3.8) is 0 Å². The van der Waals surface area contributed by atoms with Gasteiger partial charge in [-0.1, -0.05) is 6.07 Å². The molecule has 1 nitrogen and oxygen atoms in total. The summed E-state index contributed by atoms with van der Waals surface area (Å²) >= 11 is 4.24. The molecule has 1 aromatic heterocycles. The first-order valence-corrected chi connectivity index (χ1v) is 4.62. The van der Waals surface area contributed by atoms with Gasteiger partial charge >= 0.3 is 0 Å². The Bertz CT molecular complexity index is 403. The van der Waals surface area contributed by atoms with Gasteiger partial charge in [-0.15, -0.1) is 0 Å². The minimum absolute atomic E-state index is 0.806. The third-order valence-electron chi connectivity index (χ3n) is 2.14. The predicted molar refractivity (Wildman–Crippen MR) is 55.7 cm³/mol. The Morgan fingerprint density at radius 2 is 2.25 bits per heavy atom. The molecule has 0 fully saturated rings. The maximum Gasteiger partial charge on any atom is 0.0456 e. The topological polar surface area (TPSA) is 15.8 Å². The highest BCUT2D eigenvalue weighted by atomic mass is 32.1. The van der Waals surface area contributed by atoms with Crippen molar-refractivity contribution in [2.75, 3.05) is 0 Å². The Labute approximate surface area is 77.2 Å². The number of aromatic nitrogens is 1. The van der Waals surface area contributed by atoms with Gasteiger partial charge in [-0.2, -0.15) is 12.6 Å². The Kier molecular flexibility index (Phi) is 1.85. The van der Waals surface area contributed by atoms with Crippen LogP contribution >= 0.6 is 12.6 Å². The highest BCUT2D eigenvalue weighted by Gasteiger charge is 1.99. The summed E-state index contributed by atoms with van der Waals surface area (Å²) in [6.07, 6.45) is 2.03. The van der Waals surface area contributed by atoms with Gasteiger partial charge in [-0.25, -0.2) is 0 Å². The highest BCUT2D eigenvalue weighted by Crippen LogP contribution is 2.19. The van der Waals surface area contributed by atoms with E-state index >= 15 is 0 Å². The molecule has 0 unspecified atom stereocenters. The summed E-state index contributed by atoms with van der Waals surface area (Å²) < 4.78 is 0. The summed E-state index contributed by atoms with van der Waals surface area (Å²) in [7, 11) is 0. The second-order valence-corrected chi connectivity index (χ2v) is 3.33. The summed E-state index contributed by atoms with van der Waals surface area (Å²) in [5.74, 6) is 0.806. The average Bonchev–Trinajstić information content (AvgIpc) is 2.47. The first kappa shape index (κ1) is 7.74. The van der Waals surface area contributed by atoms with Crippen LogP contribution in [0.25, 0.3) is 10.9 Å². The predicted octanol–water partition coefficient (Wildman–Crippen LogP) is 2.91. The Morgan fingerprint density at radius 3 is 3.00 bits per heavy atom.